The van der Waals surface area contributed by atoms with E-state index >= 15 is 0 Å². The molecular formula is C21H25FO4. The fourth-order valence-corrected chi connectivity index (χ4v) is 3.83. The predicted molar refractivity (Wildman–Crippen MR) is 96.2 cm³/mol. The number of ketones is 1. The second-order valence-electron chi connectivity index (χ2n) is 6.98. The van der Waals surface area contributed by atoms with Gasteiger partial charge in [0.2, 0.25) is 0 Å². The van der Waals surface area contributed by atoms with Crippen LogP contribution in [0.4, 0.5) is 4.39 Å². The summed E-state index contributed by atoms with van der Waals surface area (Å²) in [7, 11) is 1.51. The largest absolute Gasteiger partial charge is 0.497 e. The Balaban J connectivity index is 1.85. The van der Waals surface area contributed by atoms with Gasteiger partial charge in [-0.05, 0) is 43.7 Å². The van der Waals surface area contributed by atoms with Gasteiger partial charge in [-0.3, -0.25) is 4.79 Å². The van der Waals surface area contributed by atoms with E-state index < -0.39 is 5.60 Å². The highest BCUT2D eigenvalue weighted by atomic mass is 19.1. The first-order valence-corrected chi connectivity index (χ1v) is 8.96. The van der Waals surface area contributed by atoms with Gasteiger partial charge in [-0.2, -0.15) is 0 Å². The monoisotopic (exact) mass is 360 g/mol. The molecule has 1 unspecified atom stereocenters. The summed E-state index contributed by atoms with van der Waals surface area (Å²) in [6, 6.07) is 4.89. The number of allylic oxidation sites excluding steroid dienone is 3. The minimum atomic E-state index is -0.674. The molecule has 1 heterocycles. The number of carbonyl (C=O) groups is 1. The van der Waals surface area contributed by atoms with Gasteiger partial charge in [-0.15, -0.1) is 0 Å². The van der Waals surface area contributed by atoms with Crippen LogP contribution in [0.3, 0.4) is 0 Å². The summed E-state index contributed by atoms with van der Waals surface area (Å²) < 4.78 is 31.0. The number of hydrogen-bond donors (Lipinski definition) is 0. The molecule has 0 saturated carbocycles. The number of methoxy groups -OCH3 is 1. The highest BCUT2D eigenvalue weighted by Gasteiger charge is 2.51. The molecule has 0 spiro atoms. The van der Waals surface area contributed by atoms with Crippen LogP contribution in [0.1, 0.15) is 32.3 Å². The Kier molecular flexibility index (Phi) is 5.47. The van der Waals surface area contributed by atoms with Gasteiger partial charge in [0.1, 0.15) is 22.9 Å². The molecule has 26 heavy (non-hydrogen) atoms. The second-order valence-corrected chi connectivity index (χ2v) is 6.98. The second kappa shape index (κ2) is 7.62. The molecule has 4 nitrogen and oxygen atoms in total. The predicted octanol–water partition coefficient (Wildman–Crippen LogP) is 4.20. The number of benzene rings is 1. The highest BCUT2D eigenvalue weighted by Crippen LogP contribution is 2.46. The minimum absolute atomic E-state index is 0.0413. The maximum absolute atomic E-state index is 14.4. The Morgan fingerprint density at radius 3 is 2.96 bits per heavy atom. The van der Waals surface area contributed by atoms with Crippen molar-refractivity contribution in [2.75, 3.05) is 13.9 Å². The topological polar surface area (TPSA) is 44.8 Å². The molecule has 0 bridgehead atoms. The molecule has 5 heteroatoms. The van der Waals surface area contributed by atoms with Gasteiger partial charge in [-0.1, -0.05) is 25.1 Å². The number of ether oxygens (including phenoxy) is 3. The zero-order chi connectivity index (χ0) is 18.7. The summed E-state index contributed by atoms with van der Waals surface area (Å²) in [5.74, 6) is 0.671. The van der Waals surface area contributed by atoms with Crippen LogP contribution in [0.15, 0.2) is 42.2 Å². The van der Waals surface area contributed by atoms with Crippen molar-refractivity contribution in [1.29, 1.82) is 0 Å². The zero-order valence-corrected chi connectivity index (χ0v) is 15.5. The van der Waals surface area contributed by atoms with Gasteiger partial charge in [0.15, 0.2) is 12.6 Å². The smallest absolute Gasteiger partial charge is 0.189 e. The van der Waals surface area contributed by atoms with E-state index in [1.54, 1.807) is 18.2 Å². The van der Waals surface area contributed by atoms with Crippen LogP contribution in [0.25, 0.3) is 0 Å². The molecule has 1 saturated heterocycles. The van der Waals surface area contributed by atoms with E-state index in [0.29, 0.717) is 36.3 Å². The average molecular weight is 360 g/mol. The molecule has 3 atom stereocenters. The van der Waals surface area contributed by atoms with Crippen molar-refractivity contribution in [3.8, 4) is 5.75 Å². The molecule has 140 valence electrons. The maximum atomic E-state index is 14.4. The van der Waals surface area contributed by atoms with Crippen LogP contribution in [-0.4, -0.2) is 25.3 Å². The maximum Gasteiger partial charge on any atom is 0.189 e. The van der Waals surface area contributed by atoms with Gasteiger partial charge in [0, 0.05) is 18.1 Å². The van der Waals surface area contributed by atoms with Gasteiger partial charge < -0.3 is 14.2 Å². The summed E-state index contributed by atoms with van der Waals surface area (Å²) in [6.45, 7) is 4.09. The van der Waals surface area contributed by atoms with E-state index in [2.05, 4.69) is 0 Å². The van der Waals surface area contributed by atoms with E-state index in [1.807, 2.05) is 26.0 Å². The number of fused-ring (bicyclic) bond motifs is 1. The lowest BCUT2D eigenvalue weighted by Crippen LogP contribution is -2.45. The van der Waals surface area contributed by atoms with Crippen LogP contribution in [0.5, 0.6) is 5.75 Å². The van der Waals surface area contributed by atoms with Gasteiger partial charge in [0.25, 0.3) is 0 Å². The molecule has 1 fully saturated rings. The third kappa shape index (κ3) is 3.40. The molecule has 0 N–H and O–H groups in total. The lowest BCUT2D eigenvalue weighted by Gasteiger charge is -2.38. The van der Waals surface area contributed by atoms with Crippen LogP contribution in [-0.2, 0) is 20.7 Å². The van der Waals surface area contributed by atoms with Gasteiger partial charge >= 0.3 is 0 Å². The summed E-state index contributed by atoms with van der Waals surface area (Å²) >= 11 is 0. The number of carbonyl (C=O) groups excluding carboxylic acids is 1. The first kappa shape index (κ1) is 18.6. The molecular weight excluding hydrogens is 335 g/mol. The molecule has 0 aromatic heterocycles. The molecule has 2 aliphatic rings. The molecule has 1 aliphatic heterocycles. The van der Waals surface area contributed by atoms with Crippen molar-refractivity contribution in [1.82, 2.24) is 0 Å². The zero-order valence-electron chi connectivity index (χ0n) is 15.5. The van der Waals surface area contributed by atoms with E-state index in [1.165, 1.54) is 13.2 Å². The van der Waals surface area contributed by atoms with E-state index in [4.69, 9.17) is 14.2 Å². The first-order valence-electron chi connectivity index (χ1n) is 8.96. The SMILES string of the molecule is CC=CC[C@H]1C[C@]2(C(C)Cc3ccc(OC)cc3F)OCOC2=CC1=O. The molecule has 0 radical (unpaired) electrons. The molecule has 1 aromatic rings. The normalized spacial score (nSPS) is 26.4. The fourth-order valence-electron chi connectivity index (χ4n) is 3.83. The van der Waals surface area contributed by atoms with Crippen molar-refractivity contribution in [2.45, 2.75) is 38.7 Å². The summed E-state index contributed by atoms with van der Waals surface area (Å²) in [4.78, 5) is 12.4. The van der Waals surface area contributed by atoms with Crippen LogP contribution in [0.2, 0.25) is 0 Å². The lowest BCUT2D eigenvalue weighted by molar-refractivity contribution is -0.123. The molecule has 1 aromatic carbocycles. The average Bonchev–Trinajstić information content (AvgIpc) is 3.05. The Labute approximate surface area is 153 Å². The standard InChI is InChI=1S/C21H25FO4/c1-4-5-6-16-12-21(20(11-19(16)23)25-13-26-21)14(2)9-15-7-8-17(24-3)10-18(15)22/h4-5,7-8,10-11,14,16H,6,9,12-13H2,1-3H3/t14?,16-,21+/m0/s1. The van der Waals surface area contributed by atoms with Crippen molar-refractivity contribution in [3.63, 3.8) is 0 Å². The van der Waals surface area contributed by atoms with E-state index in [0.717, 1.165) is 0 Å². The third-order valence-corrected chi connectivity index (χ3v) is 5.41. The Morgan fingerprint density at radius 1 is 1.46 bits per heavy atom. The van der Waals surface area contributed by atoms with Crippen molar-refractivity contribution >= 4 is 5.78 Å². The van der Waals surface area contributed by atoms with Crippen molar-refractivity contribution in [3.05, 3.63) is 53.6 Å². The summed E-state index contributed by atoms with van der Waals surface area (Å²) in [6.07, 6.45) is 7.24. The van der Waals surface area contributed by atoms with E-state index in [-0.39, 0.29) is 30.2 Å². The Bertz CT molecular complexity index is 740. The number of hydrogen-bond acceptors (Lipinski definition) is 4. The molecule has 0 amide bonds. The quantitative estimate of drug-likeness (QED) is 0.714. The number of rotatable bonds is 6. The third-order valence-electron chi connectivity index (χ3n) is 5.41. The Hall–Kier alpha value is -2.14. The molecule has 3 rings (SSSR count). The summed E-state index contributed by atoms with van der Waals surface area (Å²) in [5, 5.41) is 0. The van der Waals surface area contributed by atoms with Crippen LogP contribution >= 0.6 is 0 Å². The minimum Gasteiger partial charge on any atom is -0.497 e. The van der Waals surface area contributed by atoms with Crippen LogP contribution in [0, 0.1) is 17.7 Å². The number of halogens is 1. The van der Waals surface area contributed by atoms with Crippen LogP contribution < -0.4 is 4.74 Å². The van der Waals surface area contributed by atoms with E-state index in [9.17, 15) is 9.18 Å². The summed E-state index contributed by atoms with van der Waals surface area (Å²) in [5.41, 5.74) is -0.0728. The first-order chi connectivity index (χ1) is 12.5. The molecule has 1 aliphatic carbocycles. The van der Waals surface area contributed by atoms with Crippen molar-refractivity contribution in [2.24, 2.45) is 11.8 Å². The highest BCUT2D eigenvalue weighted by molar-refractivity contribution is 5.93. The van der Waals surface area contributed by atoms with Gasteiger partial charge in [-0.25, -0.2) is 4.39 Å². The lowest BCUT2D eigenvalue weighted by atomic mass is 9.71. The Morgan fingerprint density at radius 2 is 2.27 bits per heavy atom. The van der Waals surface area contributed by atoms with Gasteiger partial charge in [0.05, 0.1) is 7.11 Å². The van der Waals surface area contributed by atoms with Crippen molar-refractivity contribution < 1.29 is 23.4 Å². The fraction of sp³-hybridized carbons (Fsp3) is 0.476.